The van der Waals surface area contributed by atoms with E-state index in [1.54, 1.807) is 0 Å². The van der Waals surface area contributed by atoms with Crippen LogP contribution in [0.1, 0.15) is 28.1 Å². The van der Waals surface area contributed by atoms with Gasteiger partial charge in [0.2, 0.25) is 5.91 Å². The molecule has 0 saturated carbocycles. The maximum Gasteiger partial charge on any atom is 0.234 e. The first kappa shape index (κ1) is 22.4. The molecule has 0 radical (unpaired) electrons. The number of thioether (sulfide) groups is 1. The second kappa shape index (κ2) is 9.66. The van der Waals surface area contributed by atoms with Crippen LogP contribution in [0, 0.1) is 27.7 Å². The van der Waals surface area contributed by atoms with E-state index < -0.39 is 0 Å². The summed E-state index contributed by atoms with van der Waals surface area (Å²) in [6.45, 7) is 8.42. The van der Waals surface area contributed by atoms with Gasteiger partial charge in [-0.3, -0.25) is 4.79 Å². The van der Waals surface area contributed by atoms with Gasteiger partial charge < -0.3 is 14.6 Å². The van der Waals surface area contributed by atoms with Crippen LogP contribution in [0.3, 0.4) is 0 Å². The molecule has 0 fully saturated rings. The third kappa shape index (κ3) is 5.23. The molecule has 1 aromatic heterocycles. The van der Waals surface area contributed by atoms with Crippen molar-refractivity contribution in [1.29, 1.82) is 0 Å². The number of aryl methyl sites for hydroxylation is 4. The molecule has 2 aromatic carbocycles. The van der Waals surface area contributed by atoms with Crippen LogP contribution in [-0.2, 0) is 18.4 Å². The number of nitrogens with one attached hydrogen (secondary N) is 1. The molecule has 0 bridgehead atoms. The second-order valence-corrected chi connectivity index (χ2v) is 9.02. The van der Waals surface area contributed by atoms with Gasteiger partial charge in [-0.15, -0.1) is 10.2 Å². The fraction of sp³-hybridized carbons (Fsp3) is 0.318. The molecule has 3 rings (SSSR count). The minimum atomic E-state index is -0.0970. The van der Waals surface area contributed by atoms with Crippen molar-refractivity contribution in [2.75, 3.05) is 11.1 Å². The van der Waals surface area contributed by atoms with Gasteiger partial charge in [0.25, 0.3) is 0 Å². The molecule has 0 unspecified atom stereocenters. The second-order valence-electron chi connectivity index (χ2n) is 7.22. The maximum atomic E-state index is 12.4. The van der Waals surface area contributed by atoms with E-state index in [0.717, 1.165) is 32.6 Å². The predicted molar refractivity (Wildman–Crippen MR) is 124 cm³/mol. The van der Waals surface area contributed by atoms with Gasteiger partial charge in [-0.1, -0.05) is 30.0 Å². The van der Waals surface area contributed by atoms with E-state index in [9.17, 15) is 4.79 Å². The quantitative estimate of drug-likeness (QED) is 0.467. The zero-order valence-corrected chi connectivity index (χ0v) is 20.1. The molecule has 1 heterocycles. The molecule has 8 heteroatoms. The first-order chi connectivity index (χ1) is 14.3. The standard InChI is InChI=1S/C22H25BrN4O2S/c1-13-7-6-8-14(2)21(13)29-11-19-25-26-22(27(19)5)30-12-20(28)24-18-10-16(4)15(3)9-17(18)23/h6-10H,11-12H2,1-5H3,(H,24,28). The van der Waals surface area contributed by atoms with Gasteiger partial charge in [-0.2, -0.15) is 0 Å². The van der Waals surface area contributed by atoms with E-state index in [1.807, 2.05) is 69.6 Å². The number of rotatable bonds is 7. The molecule has 158 valence electrons. The van der Waals surface area contributed by atoms with Crippen LogP contribution >= 0.6 is 27.7 Å². The average Bonchev–Trinajstić information content (AvgIpc) is 3.04. The van der Waals surface area contributed by atoms with Crippen molar-refractivity contribution in [2.24, 2.45) is 7.05 Å². The third-order valence-corrected chi connectivity index (χ3v) is 6.55. The number of para-hydroxylation sites is 1. The summed E-state index contributed by atoms with van der Waals surface area (Å²) in [6.07, 6.45) is 0. The Labute approximate surface area is 189 Å². The zero-order valence-electron chi connectivity index (χ0n) is 17.7. The van der Waals surface area contributed by atoms with Crippen LogP contribution in [0.25, 0.3) is 0 Å². The van der Waals surface area contributed by atoms with Crippen molar-refractivity contribution in [1.82, 2.24) is 14.8 Å². The summed E-state index contributed by atoms with van der Waals surface area (Å²) in [5.74, 6) is 1.72. The van der Waals surface area contributed by atoms with E-state index >= 15 is 0 Å². The summed E-state index contributed by atoms with van der Waals surface area (Å²) < 4.78 is 8.70. The van der Waals surface area contributed by atoms with E-state index in [2.05, 4.69) is 31.4 Å². The number of carbonyl (C=O) groups excluding carboxylic acids is 1. The average molecular weight is 489 g/mol. The van der Waals surface area contributed by atoms with Gasteiger partial charge in [0.15, 0.2) is 11.0 Å². The number of nitrogens with zero attached hydrogens (tertiary/aromatic N) is 3. The Kier molecular flexibility index (Phi) is 7.20. The van der Waals surface area contributed by atoms with Gasteiger partial charge in [-0.25, -0.2) is 0 Å². The Hall–Kier alpha value is -2.32. The van der Waals surface area contributed by atoms with Crippen LogP contribution in [-0.4, -0.2) is 26.4 Å². The van der Waals surface area contributed by atoms with Crippen LogP contribution < -0.4 is 10.1 Å². The Bertz CT molecular complexity index is 1060. The maximum absolute atomic E-state index is 12.4. The Morgan fingerprint density at radius 1 is 1.10 bits per heavy atom. The van der Waals surface area contributed by atoms with E-state index in [1.165, 1.54) is 17.3 Å². The SMILES string of the molecule is Cc1cc(Br)c(NC(=O)CSc2nnc(COc3c(C)cccc3C)n2C)cc1C. The zero-order chi connectivity index (χ0) is 21.8. The number of hydrogen-bond donors (Lipinski definition) is 1. The molecule has 0 aliphatic carbocycles. The summed E-state index contributed by atoms with van der Waals surface area (Å²) in [7, 11) is 1.88. The number of benzene rings is 2. The van der Waals surface area contributed by atoms with Gasteiger partial charge in [0.1, 0.15) is 12.4 Å². The predicted octanol–water partition coefficient (Wildman–Crippen LogP) is 5.12. The monoisotopic (exact) mass is 488 g/mol. The molecule has 0 aliphatic rings. The molecular weight excluding hydrogens is 464 g/mol. The molecule has 30 heavy (non-hydrogen) atoms. The van der Waals surface area contributed by atoms with Crippen molar-refractivity contribution in [2.45, 2.75) is 39.5 Å². The van der Waals surface area contributed by atoms with Gasteiger partial charge >= 0.3 is 0 Å². The first-order valence-electron chi connectivity index (χ1n) is 9.53. The molecule has 0 aliphatic heterocycles. The van der Waals surface area contributed by atoms with Crippen molar-refractivity contribution in [3.8, 4) is 5.75 Å². The Balaban J connectivity index is 1.59. The minimum absolute atomic E-state index is 0.0970. The normalized spacial score (nSPS) is 10.9. The molecule has 0 saturated heterocycles. The lowest BCUT2D eigenvalue weighted by Crippen LogP contribution is -2.15. The van der Waals surface area contributed by atoms with Crippen LogP contribution in [0.5, 0.6) is 5.75 Å². The van der Waals surface area contributed by atoms with Gasteiger partial charge in [0, 0.05) is 11.5 Å². The van der Waals surface area contributed by atoms with Crippen LogP contribution in [0.4, 0.5) is 5.69 Å². The topological polar surface area (TPSA) is 69.0 Å². The highest BCUT2D eigenvalue weighted by atomic mass is 79.9. The lowest BCUT2D eigenvalue weighted by Gasteiger charge is -2.12. The number of anilines is 1. The highest BCUT2D eigenvalue weighted by Gasteiger charge is 2.14. The van der Waals surface area contributed by atoms with Crippen molar-refractivity contribution in [3.05, 3.63) is 62.9 Å². The minimum Gasteiger partial charge on any atom is -0.485 e. The molecule has 1 N–H and O–H groups in total. The molecule has 3 aromatic rings. The summed E-state index contributed by atoms with van der Waals surface area (Å²) >= 11 is 4.85. The summed E-state index contributed by atoms with van der Waals surface area (Å²) in [4.78, 5) is 12.4. The van der Waals surface area contributed by atoms with Crippen molar-refractivity contribution in [3.63, 3.8) is 0 Å². The van der Waals surface area contributed by atoms with Crippen molar-refractivity contribution >= 4 is 39.3 Å². The largest absolute Gasteiger partial charge is 0.485 e. The van der Waals surface area contributed by atoms with E-state index in [-0.39, 0.29) is 11.7 Å². The van der Waals surface area contributed by atoms with Crippen molar-refractivity contribution < 1.29 is 9.53 Å². The first-order valence-corrected chi connectivity index (χ1v) is 11.3. The fourth-order valence-electron chi connectivity index (χ4n) is 2.95. The third-order valence-electron chi connectivity index (χ3n) is 4.87. The number of aromatic nitrogens is 3. The van der Waals surface area contributed by atoms with Crippen LogP contribution in [0.2, 0.25) is 0 Å². The molecule has 0 atom stereocenters. The molecular formula is C22H25BrN4O2S. The molecule has 0 spiro atoms. The Morgan fingerprint density at radius 3 is 2.47 bits per heavy atom. The Morgan fingerprint density at radius 2 is 1.77 bits per heavy atom. The summed E-state index contributed by atoms with van der Waals surface area (Å²) in [6, 6.07) is 10.0. The number of hydrogen-bond acceptors (Lipinski definition) is 5. The smallest absolute Gasteiger partial charge is 0.234 e. The van der Waals surface area contributed by atoms with Crippen LogP contribution in [0.15, 0.2) is 40.0 Å². The van der Waals surface area contributed by atoms with E-state index in [4.69, 9.17) is 4.74 Å². The molecule has 1 amide bonds. The fourth-order valence-corrected chi connectivity index (χ4v) is 4.24. The number of carbonyl (C=O) groups is 1. The molecule has 6 nitrogen and oxygen atoms in total. The van der Waals surface area contributed by atoms with Gasteiger partial charge in [0.05, 0.1) is 11.4 Å². The highest BCUT2D eigenvalue weighted by molar-refractivity contribution is 9.10. The number of halogens is 1. The highest BCUT2D eigenvalue weighted by Crippen LogP contribution is 2.27. The summed E-state index contributed by atoms with van der Waals surface area (Å²) in [5, 5.41) is 12.0. The van der Waals surface area contributed by atoms with E-state index in [0.29, 0.717) is 17.6 Å². The number of amides is 1. The lowest BCUT2D eigenvalue weighted by molar-refractivity contribution is -0.113. The number of ether oxygens (including phenoxy) is 1. The lowest BCUT2D eigenvalue weighted by atomic mass is 10.1. The summed E-state index contributed by atoms with van der Waals surface area (Å²) in [5.41, 5.74) is 5.23. The van der Waals surface area contributed by atoms with Gasteiger partial charge in [-0.05, 0) is 78.0 Å².